The van der Waals surface area contributed by atoms with E-state index in [0.29, 0.717) is 0 Å². The summed E-state index contributed by atoms with van der Waals surface area (Å²) in [4.78, 5) is 20.0. The molecule has 4 nitrogen and oxygen atoms in total. The molecule has 0 saturated heterocycles. The molecule has 0 atom stereocenters. The number of allylic oxidation sites excluding steroid dienone is 4. The van der Waals surface area contributed by atoms with Crippen molar-refractivity contribution in [2.75, 3.05) is 0 Å². The van der Waals surface area contributed by atoms with Gasteiger partial charge in [-0.1, -0.05) is 91.9 Å². The first-order chi connectivity index (χ1) is 14.1. The minimum Gasteiger partial charge on any atom is -0.876 e. The maximum atomic E-state index is 9.98. The average molecular weight is 543 g/mol. The fraction of sp³-hybridized carbons (Fsp3) is 0.692. The van der Waals surface area contributed by atoms with E-state index in [2.05, 4.69) is 27.7 Å². The van der Waals surface area contributed by atoms with Crippen molar-refractivity contribution < 1.29 is 19.8 Å². The summed E-state index contributed by atoms with van der Waals surface area (Å²) < 4.78 is 0. The third kappa shape index (κ3) is 73.0. The topological polar surface area (TPSA) is 80.3 Å². The Morgan fingerprint density at radius 3 is 1.00 bits per heavy atom. The maximum absolute atomic E-state index is 9.98. The molecule has 0 aromatic heterocycles. The quantitative estimate of drug-likeness (QED) is 0.105. The van der Waals surface area contributed by atoms with Gasteiger partial charge in [0.1, 0.15) is 0 Å². The number of unbranched alkanes of at least 4 members (excludes halogenated alkanes) is 10. The van der Waals surface area contributed by atoms with Gasteiger partial charge in [0.05, 0.1) is 0 Å². The van der Waals surface area contributed by atoms with Gasteiger partial charge in [0.25, 0.3) is 0 Å². The zero-order valence-electron chi connectivity index (χ0n) is 21.2. The summed E-state index contributed by atoms with van der Waals surface area (Å²) in [7, 11) is 0. The fourth-order valence-corrected chi connectivity index (χ4v) is 2.13. The molecule has 0 spiro atoms. The second kappa shape index (κ2) is 36.6. The monoisotopic (exact) mass is 544 g/mol. The summed E-state index contributed by atoms with van der Waals surface area (Å²) in [5, 5.41) is 20.0. The van der Waals surface area contributed by atoms with E-state index in [1.807, 2.05) is 0 Å². The van der Waals surface area contributed by atoms with Crippen molar-refractivity contribution in [1.82, 2.24) is 0 Å². The second-order valence-corrected chi connectivity index (χ2v) is 7.27. The summed E-state index contributed by atoms with van der Waals surface area (Å²) in [6.07, 6.45) is 18.1. The van der Waals surface area contributed by atoms with Gasteiger partial charge in [0.2, 0.25) is 0 Å². The molecule has 0 N–H and O–H groups in total. The second-order valence-electron chi connectivity index (χ2n) is 7.27. The van der Waals surface area contributed by atoms with Crippen molar-refractivity contribution in [2.24, 2.45) is 0 Å². The Morgan fingerprint density at radius 2 is 0.871 bits per heavy atom. The van der Waals surface area contributed by atoms with Crippen molar-refractivity contribution in [3.05, 3.63) is 37.5 Å². The zero-order chi connectivity index (χ0) is 24.2. The molecule has 0 heterocycles. The molecule has 0 aliphatic heterocycles. The summed E-state index contributed by atoms with van der Waals surface area (Å²) in [5.41, 5.74) is 0. The molecular formula is C26H48O4Sn-4. The third-order valence-electron chi connectivity index (χ3n) is 3.52. The van der Waals surface area contributed by atoms with Crippen molar-refractivity contribution in [1.29, 1.82) is 0 Å². The van der Waals surface area contributed by atoms with Gasteiger partial charge in [0, 0.05) is 23.9 Å². The van der Waals surface area contributed by atoms with Crippen LogP contribution < -0.4 is 10.2 Å². The molecule has 0 unspecified atom stereocenters. The predicted octanol–water partition coefficient (Wildman–Crippen LogP) is 5.66. The van der Waals surface area contributed by atoms with Crippen molar-refractivity contribution >= 4 is 35.5 Å². The molecule has 0 aliphatic rings. The minimum atomic E-state index is -0.187. The van der Waals surface area contributed by atoms with E-state index in [4.69, 9.17) is 0 Å². The van der Waals surface area contributed by atoms with Gasteiger partial charge in [0.15, 0.2) is 11.6 Å². The Morgan fingerprint density at radius 1 is 0.613 bits per heavy atom. The van der Waals surface area contributed by atoms with Crippen LogP contribution in [-0.4, -0.2) is 35.5 Å². The Balaban J connectivity index is -0.0000000961. The Bertz CT molecular complexity index is 369. The molecule has 0 fully saturated rings. The summed E-state index contributed by atoms with van der Waals surface area (Å²) in [6, 6.07) is 0. The van der Waals surface area contributed by atoms with E-state index in [1.54, 1.807) is 0 Å². The minimum absolute atomic E-state index is 0. The number of hydrogen-bond donors (Lipinski definition) is 0. The predicted molar refractivity (Wildman–Crippen MR) is 132 cm³/mol. The Kier molecular flexibility index (Phi) is 47.9. The number of carbonyl (C=O) groups is 2. The van der Waals surface area contributed by atoms with Gasteiger partial charge in [-0.05, 0) is 26.0 Å². The van der Waals surface area contributed by atoms with Crippen LogP contribution in [0.15, 0.2) is 23.7 Å². The normalized spacial score (nSPS) is 10.2. The summed E-state index contributed by atoms with van der Waals surface area (Å²) in [6.45, 7) is 17.4. The largest absolute Gasteiger partial charge is 0.876 e. The number of carbonyl (C=O) groups excluding carboxylic acids is 2. The van der Waals surface area contributed by atoms with Crippen LogP contribution in [0.5, 0.6) is 0 Å². The van der Waals surface area contributed by atoms with E-state index < -0.39 is 0 Å². The van der Waals surface area contributed by atoms with E-state index in [0.717, 1.165) is 25.0 Å². The standard InChI is InChI=1S/2C8H17.2C5H8O2.Sn/c2*1-3-5-7-8-6-4-2;2*1-4(6)3-5(2)7;/h2*1,3-8H2,2H3;2*3,6H,1-2H3;/q2*-1;;;/p-2/b;;2*4-3-;. The van der Waals surface area contributed by atoms with Crippen molar-refractivity contribution in [2.45, 2.75) is 119 Å². The van der Waals surface area contributed by atoms with Crippen LogP contribution >= 0.6 is 0 Å². The van der Waals surface area contributed by atoms with Crippen LogP contribution in [0.4, 0.5) is 0 Å². The van der Waals surface area contributed by atoms with Crippen molar-refractivity contribution in [3.63, 3.8) is 0 Å². The number of ketones is 2. The van der Waals surface area contributed by atoms with E-state index >= 15 is 0 Å². The SMILES string of the molecule is CC(=O)/C=C(/C)[O-].CC(=O)/C=C(/C)[O-].[CH2-]CCCCCCC.[CH2-]CCCCCCC.[Sn]. The molecule has 0 aromatic rings. The number of rotatable bonds is 12. The fourth-order valence-electron chi connectivity index (χ4n) is 2.13. The van der Waals surface area contributed by atoms with E-state index in [-0.39, 0.29) is 47.0 Å². The molecule has 184 valence electrons. The van der Waals surface area contributed by atoms with Crippen LogP contribution in [0.2, 0.25) is 0 Å². The van der Waals surface area contributed by atoms with Gasteiger partial charge in [-0.15, -0.1) is 11.5 Å². The van der Waals surface area contributed by atoms with Crippen LogP contribution in [-0.2, 0) is 9.59 Å². The molecule has 0 bridgehead atoms. The maximum Gasteiger partial charge on any atom is 0.151 e. The zero-order valence-corrected chi connectivity index (χ0v) is 24.0. The smallest absolute Gasteiger partial charge is 0.151 e. The van der Waals surface area contributed by atoms with Gasteiger partial charge >= 0.3 is 0 Å². The molecule has 5 heteroatoms. The molecule has 4 radical (unpaired) electrons. The van der Waals surface area contributed by atoms with Crippen LogP contribution in [0.1, 0.15) is 119 Å². The number of hydrogen-bond acceptors (Lipinski definition) is 4. The molecule has 0 aliphatic carbocycles. The molecule has 0 aromatic carbocycles. The first-order valence-electron chi connectivity index (χ1n) is 11.4. The Hall–Kier alpha value is -0.781. The first-order valence-corrected chi connectivity index (χ1v) is 11.4. The van der Waals surface area contributed by atoms with Gasteiger partial charge < -0.3 is 24.1 Å². The first kappa shape index (κ1) is 40.6. The van der Waals surface area contributed by atoms with Gasteiger partial charge in [-0.2, -0.15) is 12.8 Å². The summed E-state index contributed by atoms with van der Waals surface area (Å²) >= 11 is 0. The van der Waals surface area contributed by atoms with Gasteiger partial charge in [-0.25, -0.2) is 0 Å². The van der Waals surface area contributed by atoms with Crippen LogP contribution in [0.25, 0.3) is 0 Å². The average Bonchev–Trinajstić information content (AvgIpc) is 2.62. The Labute approximate surface area is 210 Å². The van der Waals surface area contributed by atoms with Crippen molar-refractivity contribution in [3.8, 4) is 0 Å². The molecular weight excluding hydrogens is 495 g/mol. The molecule has 0 rings (SSSR count). The molecule has 0 saturated carbocycles. The molecule has 31 heavy (non-hydrogen) atoms. The van der Waals surface area contributed by atoms with E-state index in [1.165, 1.54) is 91.9 Å². The van der Waals surface area contributed by atoms with Gasteiger partial charge in [-0.3, -0.25) is 9.59 Å². The summed E-state index contributed by atoms with van der Waals surface area (Å²) in [5.74, 6) is -0.750. The third-order valence-corrected chi connectivity index (χ3v) is 3.52. The van der Waals surface area contributed by atoms with E-state index in [9.17, 15) is 19.8 Å². The van der Waals surface area contributed by atoms with Crippen LogP contribution in [0.3, 0.4) is 0 Å². The van der Waals surface area contributed by atoms with Crippen LogP contribution in [0, 0.1) is 13.8 Å². The molecule has 0 amide bonds.